The molecule has 0 saturated heterocycles. The number of carboxylic acid groups (broad SMARTS) is 1. The molecular weight excluding hydrogens is 220 g/mol. The van der Waals surface area contributed by atoms with Gasteiger partial charge in [-0.15, -0.1) is 0 Å². The first-order chi connectivity index (χ1) is 6.97. The Bertz CT molecular complexity index is 285. The zero-order valence-electron chi connectivity index (χ0n) is 11.3. The minimum atomic E-state index is -1.77. The molecule has 0 amide bonds. The van der Waals surface area contributed by atoms with Crippen molar-refractivity contribution >= 4 is 14.3 Å². The van der Waals surface area contributed by atoms with Gasteiger partial charge in [0.05, 0.1) is 11.5 Å². The topological polar surface area (TPSA) is 46.5 Å². The van der Waals surface area contributed by atoms with Gasteiger partial charge in [0.25, 0.3) is 0 Å². The van der Waals surface area contributed by atoms with Crippen molar-refractivity contribution in [2.75, 3.05) is 0 Å². The molecule has 1 aliphatic rings. The lowest BCUT2D eigenvalue weighted by Gasteiger charge is -2.50. The van der Waals surface area contributed by atoms with Gasteiger partial charge in [-0.2, -0.15) is 0 Å². The molecular formula is C12H24O3Si. The van der Waals surface area contributed by atoms with E-state index >= 15 is 0 Å². The Morgan fingerprint density at radius 1 is 1.38 bits per heavy atom. The van der Waals surface area contributed by atoms with Gasteiger partial charge in [0.2, 0.25) is 0 Å². The predicted octanol–water partition coefficient (Wildman–Crippen LogP) is 3.26. The van der Waals surface area contributed by atoms with Gasteiger partial charge in [-0.1, -0.05) is 20.8 Å². The van der Waals surface area contributed by atoms with Crippen LogP contribution in [-0.4, -0.2) is 25.0 Å². The van der Waals surface area contributed by atoms with Gasteiger partial charge < -0.3 is 9.53 Å². The van der Waals surface area contributed by atoms with Crippen LogP contribution in [0.5, 0.6) is 0 Å². The van der Waals surface area contributed by atoms with Crippen molar-refractivity contribution in [3.8, 4) is 0 Å². The summed E-state index contributed by atoms with van der Waals surface area (Å²) in [6.07, 6.45) is 1.32. The van der Waals surface area contributed by atoms with E-state index in [4.69, 9.17) is 9.53 Å². The Balaban J connectivity index is 2.60. The molecule has 1 aliphatic carbocycles. The quantitative estimate of drug-likeness (QED) is 0.775. The number of aliphatic carboxylic acids is 1. The summed E-state index contributed by atoms with van der Waals surface area (Å²) in [5, 5.41) is 9.06. The van der Waals surface area contributed by atoms with Crippen molar-refractivity contribution in [1.82, 2.24) is 0 Å². The fourth-order valence-electron chi connectivity index (χ4n) is 2.01. The van der Waals surface area contributed by atoms with Crippen LogP contribution in [0.2, 0.25) is 18.1 Å². The minimum absolute atomic E-state index is 0.185. The first-order valence-corrected chi connectivity index (χ1v) is 8.81. The van der Waals surface area contributed by atoms with E-state index in [0.29, 0.717) is 12.8 Å². The summed E-state index contributed by atoms with van der Waals surface area (Å²) >= 11 is 0. The summed E-state index contributed by atoms with van der Waals surface area (Å²) < 4.78 is 6.28. The average Bonchev–Trinajstić information content (AvgIpc) is 1.96. The van der Waals surface area contributed by atoms with Crippen LogP contribution < -0.4 is 0 Å². The van der Waals surface area contributed by atoms with E-state index in [-0.39, 0.29) is 16.6 Å². The number of hydrogen-bond donors (Lipinski definition) is 1. The molecule has 1 N–H and O–H groups in total. The van der Waals surface area contributed by atoms with E-state index < -0.39 is 14.3 Å². The molecule has 0 radical (unpaired) electrons. The van der Waals surface area contributed by atoms with Crippen LogP contribution in [0.25, 0.3) is 0 Å². The molecule has 0 heterocycles. The third-order valence-corrected chi connectivity index (χ3v) is 8.63. The lowest BCUT2D eigenvalue weighted by Crippen LogP contribution is -2.55. The largest absolute Gasteiger partial charge is 0.481 e. The molecule has 1 rings (SSSR count). The first-order valence-electron chi connectivity index (χ1n) is 5.90. The average molecular weight is 244 g/mol. The van der Waals surface area contributed by atoms with Gasteiger partial charge >= 0.3 is 5.97 Å². The standard InChI is InChI=1S/C12H24O3Si/c1-11(2,3)16(5,6)15-12(4)7-9(8-12)10(13)14/h9H,7-8H2,1-6H3,(H,13,14)/t9-,12-. The Kier molecular flexibility index (Phi) is 3.29. The summed E-state index contributed by atoms with van der Waals surface area (Å²) in [5.74, 6) is -0.883. The molecule has 0 aromatic heterocycles. The second-order valence-corrected chi connectivity index (χ2v) is 11.5. The molecule has 4 heteroatoms. The molecule has 0 bridgehead atoms. The van der Waals surface area contributed by atoms with E-state index in [0.717, 1.165) is 0 Å². The maximum Gasteiger partial charge on any atom is 0.306 e. The monoisotopic (exact) mass is 244 g/mol. The van der Waals surface area contributed by atoms with Crippen LogP contribution in [0.15, 0.2) is 0 Å². The third kappa shape index (κ3) is 2.66. The molecule has 0 unspecified atom stereocenters. The Hall–Kier alpha value is -0.353. The normalized spacial score (nSPS) is 31.0. The van der Waals surface area contributed by atoms with Crippen molar-refractivity contribution in [3.05, 3.63) is 0 Å². The number of carboxylic acids is 1. The molecule has 0 spiro atoms. The van der Waals surface area contributed by atoms with Crippen molar-refractivity contribution in [2.45, 2.75) is 64.3 Å². The second-order valence-electron chi connectivity index (χ2n) is 6.76. The fraction of sp³-hybridized carbons (Fsp3) is 0.917. The van der Waals surface area contributed by atoms with Crippen LogP contribution in [0.4, 0.5) is 0 Å². The van der Waals surface area contributed by atoms with Crippen molar-refractivity contribution in [3.63, 3.8) is 0 Å². The highest BCUT2D eigenvalue weighted by Gasteiger charge is 2.50. The highest BCUT2D eigenvalue weighted by Crippen LogP contribution is 2.47. The highest BCUT2D eigenvalue weighted by molar-refractivity contribution is 6.74. The van der Waals surface area contributed by atoms with Crippen molar-refractivity contribution in [2.24, 2.45) is 5.92 Å². The molecule has 1 fully saturated rings. The van der Waals surface area contributed by atoms with Gasteiger partial charge in [0.15, 0.2) is 8.32 Å². The van der Waals surface area contributed by atoms with Crippen molar-refractivity contribution in [1.29, 1.82) is 0 Å². The number of rotatable bonds is 3. The maximum atomic E-state index is 10.8. The lowest BCUT2D eigenvalue weighted by atomic mass is 9.72. The smallest absolute Gasteiger partial charge is 0.306 e. The van der Waals surface area contributed by atoms with Gasteiger partial charge in [-0.3, -0.25) is 4.79 Å². The van der Waals surface area contributed by atoms with Gasteiger partial charge in [-0.25, -0.2) is 0 Å². The van der Waals surface area contributed by atoms with Crippen LogP contribution in [0, 0.1) is 5.92 Å². The van der Waals surface area contributed by atoms with Crippen molar-refractivity contribution < 1.29 is 14.3 Å². The molecule has 0 aliphatic heterocycles. The molecule has 0 aromatic carbocycles. The minimum Gasteiger partial charge on any atom is -0.481 e. The number of carbonyl (C=O) groups is 1. The second kappa shape index (κ2) is 3.84. The third-order valence-electron chi connectivity index (χ3n) is 4.01. The fourth-order valence-corrected chi connectivity index (χ4v) is 3.71. The molecule has 0 aromatic rings. The van der Waals surface area contributed by atoms with Gasteiger partial charge in [0.1, 0.15) is 0 Å². The van der Waals surface area contributed by atoms with E-state index in [1.165, 1.54) is 0 Å². The van der Waals surface area contributed by atoms with Gasteiger partial charge in [0, 0.05) is 0 Å². The van der Waals surface area contributed by atoms with E-state index in [1.807, 2.05) is 6.92 Å². The first kappa shape index (κ1) is 13.7. The van der Waals surface area contributed by atoms with Crippen LogP contribution in [0.1, 0.15) is 40.5 Å². The summed E-state index contributed by atoms with van der Waals surface area (Å²) in [4.78, 5) is 10.8. The summed E-state index contributed by atoms with van der Waals surface area (Å²) in [6, 6.07) is 0. The summed E-state index contributed by atoms with van der Waals surface area (Å²) in [6.45, 7) is 13.1. The van der Waals surface area contributed by atoms with Gasteiger partial charge in [-0.05, 0) is 37.9 Å². The summed E-state index contributed by atoms with van der Waals surface area (Å²) in [7, 11) is -1.77. The zero-order chi connectivity index (χ0) is 12.8. The molecule has 94 valence electrons. The molecule has 1 saturated carbocycles. The van der Waals surface area contributed by atoms with E-state index in [9.17, 15) is 4.79 Å². The van der Waals surface area contributed by atoms with Crippen LogP contribution >= 0.6 is 0 Å². The molecule has 16 heavy (non-hydrogen) atoms. The lowest BCUT2D eigenvalue weighted by molar-refractivity contribution is -0.154. The molecule has 0 atom stereocenters. The Labute approximate surface area is 99.3 Å². The number of hydrogen-bond acceptors (Lipinski definition) is 2. The highest BCUT2D eigenvalue weighted by atomic mass is 28.4. The Morgan fingerprint density at radius 2 is 1.81 bits per heavy atom. The van der Waals surface area contributed by atoms with Crippen LogP contribution in [0.3, 0.4) is 0 Å². The maximum absolute atomic E-state index is 10.8. The van der Waals surface area contributed by atoms with E-state index in [1.54, 1.807) is 0 Å². The summed E-state index contributed by atoms with van der Waals surface area (Å²) in [5.41, 5.74) is -0.202. The molecule has 3 nitrogen and oxygen atoms in total. The Morgan fingerprint density at radius 3 is 2.12 bits per heavy atom. The van der Waals surface area contributed by atoms with Crippen LogP contribution in [-0.2, 0) is 9.22 Å². The zero-order valence-corrected chi connectivity index (χ0v) is 12.3. The SMILES string of the molecule is CC(C)(C)[Si](C)(C)O[C@]1(C)C[C@@H](C(=O)O)C1. The van der Waals surface area contributed by atoms with E-state index in [2.05, 4.69) is 33.9 Å². The predicted molar refractivity (Wildman–Crippen MR) is 67.0 cm³/mol.